The molecule has 0 amide bonds. The SMILES string of the molecule is O=C(O)Cc1cccc(OC2CCCC2)c1. The number of ether oxygens (including phenoxy) is 1. The first kappa shape index (κ1) is 11.0. The number of benzene rings is 1. The first-order chi connectivity index (χ1) is 7.74. The first-order valence-corrected chi connectivity index (χ1v) is 5.71. The van der Waals surface area contributed by atoms with E-state index in [4.69, 9.17) is 9.84 Å². The predicted molar refractivity (Wildman–Crippen MR) is 60.7 cm³/mol. The standard InChI is InChI=1S/C13H16O3/c14-13(15)9-10-4-3-7-12(8-10)16-11-5-1-2-6-11/h3-4,7-8,11H,1-2,5-6,9H2,(H,14,15). The highest BCUT2D eigenvalue weighted by Crippen LogP contribution is 2.24. The molecule has 86 valence electrons. The number of carboxylic acid groups (broad SMARTS) is 1. The zero-order chi connectivity index (χ0) is 11.4. The topological polar surface area (TPSA) is 46.5 Å². The number of carboxylic acids is 1. The van der Waals surface area contributed by atoms with Gasteiger partial charge >= 0.3 is 5.97 Å². The lowest BCUT2D eigenvalue weighted by Crippen LogP contribution is -2.11. The molecule has 0 heterocycles. The quantitative estimate of drug-likeness (QED) is 0.848. The number of hydrogen-bond donors (Lipinski definition) is 1. The van der Waals surface area contributed by atoms with Crippen molar-refractivity contribution in [3.63, 3.8) is 0 Å². The molecule has 0 saturated heterocycles. The summed E-state index contributed by atoms with van der Waals surface area (Å²) in [5, 5.41) is 8.70. The van der Waals surface area contributed by atoms with Crippen molar-refractivity contribution in [1.82, 2.24) is 0 Å². The van der Waals surface area contributed by atoms with E-state index in [2.05, 4.69) is 0 Å². The molecule has 1 fully saturated rings. The molecule has 0 radical (unpaired) electrons. The van der Waals surface area contributed by atoms with Crippen molar-refractivity contribution in [2.45, 2.75) is 38.2 Å². The van der Waals surface area contributed by atoms with Crippen molar-refractivity contribution in [1.29, 1.82) is 0 Å². The Labute approximate surface area is 95.0 Å². The summed E-state index contributed by atoms with van der Waals surface area (Å²) >= 11 is 0. The summed E-state index contributed by atoms with van der Waals surface area (Å²) in [6.45, 7) is 0. The van der Waals surface area contributed by atoms with Crippen LogP contribution in [0.3, 0.4) is 0 Å². The summed E-state index contributed by atoms with van der Waals surface area (Å²) in [5.41, 5.74) is 0.794. The lowest BCUT2D eigenvalue weighted by Gasteiger charge is -2.13. The van der Waals surface area contributed by atoms with Crippen LogP contribution in [0.4, 0.5) is 0 Å². The third-order valence-corrected chi connectivity index (χ3v) is 2.86. The zero-order valence-corrected chi connectivity index (χ0v) is 9.19. The van der Waals surface area contributed by atoms with Crippen LogP contribution in [0.25, 0.3) is 0 Å². The van der Waals surface area contributed by atoms with E-state index in [-0.39, 0.29) is 6.42 Å². The van der Waals surface area contributed by atoms with E-state index < -0.39 is 5.97 Å². The summed E-state index contributed by atoms with van der Waals surface area (Å²) in [6.07, 6.45) is 5.08. The smallest absolute Gasteiger partial charge is 0.307 e. The van der Waals surface area contributed by atoms with E-state index in [9.17, 15) is 4.79 Å². The highest BCUT2D eigenvalue weighted by atomic mass is 16.5. The van der Waals surface area contributed by atoms with Gasteiger partial charge in [-0.05, 0) is 43.4 Å². The molecule has 0 atom stereocenters. The van der Waals surface area contributed by atoms with Crippen LogP contribution >= 0.6 is 0 Å². The third kappa shape index (κ3) is 2.99. The molecule has 1 saturated carbocycles. The summed E-state index contributed by atoms with van der Waals surface area (Å²) in [4.78, 5) is 10.6. The number of rotatable bonds is 4. The van der Waals surface area contributed by atoms with Gasteiger partial charge in [0, 0.05) is 0 Å². The van der Waals surface area contributed by atoms with Gasteiger partial charge in [-0.2, -0.15) is 0 Å². The minimum Gasteiger partial charge on any atom is -0.490 e. The number of aliphatic carboxylic acids is 1. The summed E-state index contributed by atoms with van der Waals surface area (Å²) in [6, 6.07) is 7.38. The summed E-state index contributed by atoms with van der Waals surface area (Å²) in [5.74, 6) is -0.0105. The molecule has 16 heavy (non-hydrogen) atoms. The lowest BCUT2D eigenvalue weighted by atomic mass is 10.1. The highest BCUT2D eigenvalue weighted by molar-refractivity contribution is 5.70. The van der Waals surface area contributed by atoms with Crippen LogP contribution in [0.2, 0.25) is 0 Å². The molecule has 1 N–H and O–H groups in total. The highest BCUT2D eigenvalue weighted by Gasteiger charge is 2.16. The fourth-order valence-electron chi connectivity index (χ4n) is 2.10. The van der Waals surface area contributed by atoms with Crippen molar-refractivity contribution in [3.8, 4) is 5.75 Å². The van der Waals surface area contributed by atoms with Crippen LogP contribution in [0, 0.1) is 0 Å². The molecule has 3 nitrogen and oxygen atoms in total. The molecule has 0 unspecified atom stereocenters. The van der Waals surface area contributed by atoms with Gasteiger partial charge in [0.1, 0.15) is 5.75 Å². The van der Waals surface area contributed by atoms with E-state index in [1.165, 1.54) is 12.8 Å². The van der Waals surface area contributed by atoms with Gasteiger partial charge in [0.15, 0.2) is 0 Å². The lowest BCUT2D eigenvalue weighted by molar-refractivity contribution is -0.136. The Morgan fingerprint density at radius 3 is 2.81 bits per heavy atom. The van der Waals surface area contributed by atoms with Crippen molar-refractivity contribution in [2.75, 3.05) is 0 Å². The van der Waals surface area contributed by atoms with Gasteiger partial charge in [0.2, 0.25) is 0 Å². The van der Waals surface area contributed by atoms with E-state index in [1.807, 2.05) is 24.3 Å². The Hall–Kier alpha value is -1.51. The van der Waals surface area contributed by atoms with Crippen molar-refractivity contribution >= 4 is 5.97 Å². The predicted octanol–water partition coefficient (Wildman–Crippen LogP) is 2.64. The minimum absolute atomic E-state index is 0.0574. The van der Waals surface area contributed by atoms with Gasteiger partial charge < -0.3 is 9.84 Å². The largest absolute Gasteiger partial charge is 0.490 e. The minimum atomic E-state index is -0.807. The van der Waals surface area contributed by atoms with Crippen molar-refractivity contribution in [2.24, 2.45) is 0 Å². The normalized spacial score (nSPS) is 16.2. The van der Waals surface area contributed by atoms with Crippen molar-refractivity contribution < 1.29 is 14.6 Å². The average molecular weight is 220 g/mol. The van der Waals surface area contributed by atoms with Crippen LogP contribution in [-0.2, 0) is 11.2 Å². The summed E-state index contributed by atoms with van der Waals surface area (Å²) < 4.78 is 5.80. The maximum absolute atomic E-state index is 10.6. The molecular formula is C13H16O3. The van der Waals surface area contributed by atoms with E-state index in [1.54, 1.807) is 0 Å². The van der Waals surface area contributed by atoms with Gasteiger partial charge in [-0.1, -0.05) is 12.1 Å². The zero-order valence-electron chi connectivity index (χ0n) is 9.19. The maximum atomic E-state index is 10.6. The second kappa shape index (κ2) is 5.01. The van der Waals surface area contributed by atoms with Crippen LogP contribution in [0.1, 0.15) is 31.2 Å². The third-order valence-electron chi connectivity index (χ3n) is 2.86. The Bertz CT molecular complexity index is 367. The van der Waals surface area contributed by atoms with E-state index >= 15 is 0 Å². The molecule has 1 aromatic rings. The molecule has 1 aromatic carbocycles. The Kier molecular flexibility index (Phi) is 3.44. The second-order valence-corrected chi connectivity index (χ2v) is 4.24. The molecule has 1 aliphatic carbocycles. The van der Waals surface area contributed by atoms with Gasteiger partial charge in [0.25, 0.3) is 0 Å². The first-order valence-electron chi connectivity index (χ1n) is 5.71. The van der Waals surface area contributed by atoms with Crippen LogP contribution in [0.5, 0.6) is 5.75 Å². The molecule has 0 aromatic heterocycles. The van der Waals surface area contributed by atoms with Gasteiger partial charge in [-0.15, -0.1) is 0 Å². The monoisotopic (exact) mass is 220 g/mol. The van der Waals surface area contributed by atoms with Gasteiger partial charge in [-0.3, -0.25) is 4.79 Å². The van der Waals surface area contributed by atoms with E-state index in [0.29, 0.717) is 6.10 Å². The Balaban J connectivity index is 2.00. The Morgan fingerprint density at radius 1 is 1.38 bits per heavy atom. The number of hydrogen-bond acceptors (Lipinski definition) is 2. The second-order valence-electron chi connectivity index (χ2n) is 4.24. The van der Waals surface area contributed by atoms with Crippen LogP contribution in [-0.4, -0.2) is 17.2 Å². The van der Waals surface area contributed by atoms with E-state index in [0.717, 1.165) is 24.2 Å². The molecule has 1 aliphatic rings. The molecule has 3 heteroatoms. The fourth-order valence-corrected chi connectivity index (χ4v) is 2.10. The van der Waals surface area contributed by atoms with Gasteiger partial charge in [0.05, 0.1) is 12.5 Å². The number of carbonyl (C=O) groups is 1. The molecule has 0 bridgehead atoms. The van der Waals surface area contributed by atoms with Crippen LogP contribution < -0.4 is 4.74 Å². The van der Waals surface area contributed by atoms with Gasteiger partial charge in [-0.25, -0.2) is 0 Å². The average Bonchev–Trinajstić information content (AvgIpc) is 2.70. The summed E-state index contributed by atoms with van der Waals surface area (Å²) in [7, 11) is 0. The van der Waals surface area contributed by atoms with Crippen molar-refractivity contribution in [3.05, 3.63) is 29.8 Å². The molecular weight excluding hydrogens is 204 g/mol. The van der Waals surface area contributed by atoms with Crippen LogP contribution in [0.15, 0.2) is 24.3 Å². The Morgan fingerprint density at radius 2 is 2.12 bits per heavy atom. The fraction of sp³-hybridized carbons (Fsp3) is 0.462. The molecule has 0 spiro atoms. The molecule has 0 aliphatic heterocycles. The molecule has 2 rings (SSSR count). The maximum Gasteiger partial charge on any atom is 0.307 e.